The Hall–Kier alpha value is -1.72. The predicted molar refractivity (Wildman–Crippen MR) is 87.9 cm³/mol. The number of benzene rings is 1. The number of amides is 1. The van der Waals surface area contributed by atoms with Crippen molar-refractivity contribution >= 4 is 34.9 Å². The summed E-state index contributed by atoms with van der Waals surface area (Å²) in [5.74, 6) is 0.769. The first-order valence-electron chi connectivity index (χ1n) is 6.80. The minimum atomic E-state index is -0.284. The molecule has 0 aliphatic rings. The summed E-state index contributed by atoms with van der Waals surface area (Å²) in [5, 5.41) is 7.99. The summed E-state index contributed by atoms with van der Waals surface area (Å²) in [5.41, 5.74) is 0.839. The van der Waals surface area contributed by atoms with Gasteiger partial charge in [-0.25, -0.2) is 4.68 Å². The number of anilines is 1. The van der Waals surface area contributed by atoms with Crippen molar-refractivity contribution < 1.29 is 9.53 Å². The standard InChI is InChI=1S/C15H17Cl2N3O2/c1-9(2)20-14(6-10(3)19-20)18-15(21)8-22-13-5-4-11(16)7-12(13)17/h4-7,9H,8H2,1-3H3,(H,18,21). The van der Waals surface area contributed by atoms with Crippen LogP contribution in [0.25, 0.3) is 0 Å². The molecule has 1 aromatic carbocycles. The van der Waals surface area contributed by atoms with Gasteiger partial charge in [-0.1, -0.05) is 23.2 Å². The van der Waals surface area contributed by atoms with Crippen molar-refractivity contribution in [1.82, 2.24) is 9.78 Å². The van der Waals surface area contributed by atoms with E-state index in [0.29, 0.717) is 21.6 Å². The molecule has 0 fully saturated rings. The molecule has 2 rings (SSSR count). The fourth-order valence-electron chi connectivity index (χ4n) is 1.92. The predicted octanol–water partition coefficient (Wildman–Crippen LogP) is 4.10. The van der Waals surface area contributed by atoms with E-state index in [4.69, 9.17) is 27.9 Å². The molecule has 7 heteroatoms. The molecule has 1 heterocycles. The van der Waals surface area contributed by atoms with Crippen LogP contribution in [0, 0.1) is 6.92 Å². The smallest absolute Gasteiger partial charge is 0.263 e. The van der Waals surface area contributed by atoms with Crippen molar-refractivity contribution in [2.45, 2.75) is 26.8 Å². The number of carbonyl (C=O) groups excluding carboxylic acids is 1. The highest BCUT2D eigenvalue weighted by molar-refractivity contribution is 6.35. The van der Waals surface area contributed by atoms with Crippen molar-refractivity contribution in [1.29, 1.82) is 0 Å². The summed E-state index contributed by atoms with van der Waals surface area (Å²) in [4.78, 5) is 12.0. The average molecular weight is 342 g/mol. The minimum Gasteiger partial charge on any atom is -0.482 e. The third-order valence-electron chi connectivity index (χ3n) is 2.87. The zero-order valence-corrected chi connectivity index (χ0v) is 14.1. The number of rotatable bonds is 5. The number of aromatic nitrogens is 2. The highest BCUT2D eigenvalue weighted by Crippen LogP contribution is 2.27. The molecule has 5 nitrogen and oxygen atoms in total. The monoisotopic (exact) mass is 341 g/mol. The Morgan fingerprint density at radius 2 is 2.09 bits per heavy atom. The number of aryl methyl sites for hydroxylation is 1. The van der Waals surface area contributed by atoms with Gasteiger partial charge in [-0.3, -0.25) is 4.79 Å². The molecule has 0 aliphatic carbocycles. The van der Waals surface area contributed by atoms with Crippen LogP contribution in [-0.4, -0.2) is 22.3 Å². The lowest BCUT2D eigenvalue weighted by molar-refractivity contribution is -0.118. The van der Waals surface area contributed by atoms with Gasteiger partial charge in [0.25, 0.3) is 5.91 Å². The van der Waals surface area contributed by atoms with E-state index in [1.165, 1.54) is 0 Å². The number of nitrogens with one attached hydrogen (secondary N) is 1. The average Bonchev–Trinajstić information content (AvgIpc) is 2.78. The van der Waals surface area contributed by atoms with Gasteiger partial charge in [-0.15, -0.1) is 0 Å². The van der Waals surface area contributed by atoms with E-state index in [9.17, 15) is 4.79 Å². The van der Waals surface area contributed by atoms with Gasteiger partial charge in [0.2, 0.25) is 0 Å². The van der Waals surface area contributed by atoms with Gasteiger partial charge in [-0.05, 0) is 39.0 Å². The second kappa shape index (κ2) is 7.03. The Bertz CT molecular complexity index is 683. The van der Waals surface area contributed by atoms with E-state index in [0.717, 1.165) is 5.69 Å². The quantitative estimate of drug-likeness (QED) is 0.890. The van der Waals surface area contributed by atoms with Gasteiger partial charge in [0.05, 0.1) is 10.7 Å². The molecule has 1 N–H and O–H groups in total. The number of halogens is 2. The lowest BCUT2D eigenvalue weighted by Gasteiger charge is -2.12. The van der Waals surface area contributed by atoms with Crippen LogP contribution in [0.3, 0.4) is 0 Å². The molecule has 0 saturated carbocycles. The Labute approximate surface area is 139 Å². The largest absolute Gasteiger partial charge is 0.482 e. The number of nitrogens with zero attached hydrogens (tertiary/aromatic N) is 2. The Balaban J connectivity index is 1.99. The van der Waals surface area contributed by atoms with Crippen LogP contribution in [-0.2, 0) is 4.79 Å². The second-order valence-corrected chi connectivity index (χ2v) is 5.96. The van der Waals surface area contributed by atoms with Crippen LogP contribution in [0.15, 0.2) is 24.3 Å². The van der Waals surface area contributed by atoms with Gasteiger partial charge < -0.3 is 10.1 Å². The first-order valence-corrected chi connectivity index (χ1v) is 7.56. The van der Waals surface area contributed by atoms with Crippen molar-refractivity contribution in [3.63, 3.8) is 0 Å². The maximum absolute atomic E-state index is 12.0. The van der Waals surface area contributed by atoms with Crippen LogP contribution < -0.4 is 10.1 Å². The molecule has 0 radical (unpaired) electrons. The molecular weight excluding hydrogens is 325 g/mol. The van der Waals surface area contributed by atoms with Crippen molar-refractivity contribution in [3.8, 4) is 5.75 Å². The highest BCUT2D eigenvalue weighted by Gasteiger charge is 2.12. The maximum atomic E-state index is 12.0. The molecule has 0 atom stereocenters. The fraction of sp³-hybridized carbons (Fsp3) is 0.333. The van der Waals surface area contributed by atoms with Crippen LogP contribution in [0.5, 0.6) is 5.75 Å². The molecule has 1 amide bonds. The summed E-state index contributed by atoms with van der Waals surface area (Å²) in [6.07, 6.45) is 0. The van der Waals surface area contributed by atoms with Gasteiger partial charge >= 0.3 is 0 Å². The van der Waals surface area contributed by atoms with Crippen LogP contribution in [0.2, 0.25) is 10.0 Å². The maximum Gasteiger partial charge on any atom is 0.263 e. The molecule has 0 bridgehead atoms. The Morgan fingerprint density at radius 3 is 2.73 bits per heavy atom. The summed E-state index contributed by atoms with van der Waals surface area (Å²) < 4.78 is 7.15. The molecule has 2 aromatic rings. The fourth-order valence-corrected chi connectivity index (χ4v) is 2.38. The zero-order chi connectivity index (χ0) is 16.3. The minimum absolute atomic E-state index is 0.149. The van der Waals surface area contributed by atoms with E-state index < -0.39 is 0 Å². The summed E-state index contributed by atoms with van der Waals surface area (Å²) in [7, 11) is 0. The van der Waals surface area contributed by atoms with Crippen LogP contribution >= 0.6 is 23.2 Å². The summed E-state index contributed by atoms with van der Waals surface area (Å²) >= 11 is 11.8. The lowest BCUT2D eigenvalue weighted by Crippen LogP contribution is -2.22. The number of hydrogen-bond donors (Lipinski definition) is 1. The van der Waals surface area contributed by atoms with Crippen LogP contribution in [0.4, 0.5) is 5.82 Å². The van der Waals surface area contributed by atoms with Crippen molar-refractivity contribution in [2.75, 3.05) is 11.9 Å². The first-order chi connectivity index (χ1) is 10.4. The molecule has 0 saturated heterocycles. The Morgan fingerprint density at radius 1 is 1.36 bits per heavy atom. The molecule has 0 aliphatic heterocycles. The number of ether oxygens (including phenoxy) is 1. The van der Waals surface area contributed by atoms with E-state index in [2.05, 4.69) is 10.4 Å². The molecule has 118 valence electrons. The summed E-state index contributed by atoms with van der Waals surface area (Å²) in [6, 6.07) is 6.80. The van der Waals surface area contributed by atoms with E-state index in [-0.39, 0.29) is 18.6 Å². The molecule has 1 aromatic heterocycles. The van der Waals surface area contributed by atoms with E-state index >= 15 is 0 Å². The van der Waals surface area contributed by atoms with Crippen molar-refractivity contribution in [3.05, 3.63) is 40.0 Å². The van der Waals surface area contributed by atoms with Crippen LogP contribution in [0.1, 0.15) is 25.6 Å². The van der Waals surface area contributed by atoms with Crippen molar-refractivity contribution in [2.24, 2.45) is 0 Å². The van der Waals surface area contributed by atoms with E-state index in [1.807, 2.05) is 26.8 Å². The Kier molecular flexibility index (Phi) is 5.32. The second-order valence-electron chi connectivity index (χ2n) is 5.12. The highest BCUT2D eigenvalue weighted by atomic mass is 35.5. The van der Waals surface area contributed by atoms with Gasteiger partial charge in [0.15, 0.2) is 6.61 Å². The molecule has 0 unspecified atom stereocenters. The third-order valence-corrected chi connectivity index (χ3v) is 3.40. The molecular formula is C15H17Cl2N3O2. The normalized spacial score (nSPS) is 10.8. The first kappa shape index (κ1) is 16.6. The molecule has 22 heavy (non-hydrogen) atoms. The van der Waals surface area contributed by atoms with Gasteiger partial charge in [-0.2, -0.15) is 5.10 Å². The molecule has 0 spiro atoms. The SMILES string of the molecule is Cc1cc(NC(=O)COc2ccc(Cl)cc2Cl)n(C(C)C)n1. The number of hydrogen-bond acceptors (Lipinski definition) is 3. The number of carbonyl (C=O) groups is 1. The van der Waals surface area contributed by atoms with E-state index in [1.54, 1.807) is 22.9 Å². The van der Waals surface area contributed by atoms with Gasteiger partial charge in [0.1, 0.15) is 11.6 Å². The zero-order valence-electron chi connectivity index (χ0n) is 12.6. The van der Waals surface area contributed by atoms with Gasteiger partial charge in [0, 0.05) is 17.1 Å². The summed E-state index contributed by atoms with van der Waals surface area (Å²) in [6.45, 7) is 5.71. The lowest BCUT2D eigenvalue weighted by atomic mass is 10.3. The third kappa shape index (κ3) is 4.15. The topological polar surface area (TPSA) is 56.1 Å².